The molecule has 0 atom stereocenters. The third kappa shape index (κ3) is 5.90. The lowest BCUT2D eigenvalue weighted by atomic mass is 9.86. The van der Waals surface area contributed by atoms with E-state index in [2.05, 4.69) is 28.2 Å². The summed E-state index contributed by atoms with van der Waals surface area (Å²) in [6, 6.07) is 6.11. The van der Waals surface area contributed by atoms with Crippen LogP contribution in [0, 0.1) is 0 Å². The van der Waals surface area contributed by atoms with Crippen molar-refractivity contribution in [2.75, 3.05) is 24.5 Å². The Morgan fingerprint density at radius 3 is 2.35 bits per heavy atom. The van der Waals surface area contributed by atoms with Crippen LogP contribution in [0.25, 0.3) is 11.4 Å². The van der Waals surface area contributed by atoms with E-state index >= 15 is 0 Å². The van der Waals surface area contributed by atoms with Gasteiger partial charge in [-0.05, 0) is 50.8 Å². The number of carboxylic acids is 1. The fourth-order valence-electron chi connectivity index (χ4n) is 3.92. The second-order valence-electron chi connectivity index (χ2n) is 7.73. The Morgan fingerprint density at radius 1 is 1.19 bits per heavy atom. The molecule has 7 nitrogen and oxygen atoms in total. The predicted octanol–water partition coefficient (Wildman–Crippen LogP) is 3.46. The van der Waals surface area contributed by atoms with E-state index in [-0.39, 0.29) is 0 Å². The van der Waals surface area contributed by atoms with Crippen LogP contribution in [-0.4, -0.2) is 57.4 Å². The second kappa shape index (κ2) is 9.59. The quantitative estimate of drug-likeness (QED) is 0.760. The van der Waals surface area contributed by atoms with Crippen molar-refractivity contribution >= 4 is 11.8 Å². The number of hydrogen-bond donors (Lipinski definition) is 2. The maximum absolute atomic E-state index is 10.6. The van der Waals surface area contributed by atoms with E-state index in [4.69, 9.17) is 19.9 Å². The maximum Gasteiger partial charge on any atom is 0.490 e. The molecule has 0 amide bonds. The van der Waals surface area contributed by atoms with Gasteiger partial charge in [-0.15, -0.1) is 0 Å². The lowest BCUT2D eigenvalue weighted by Crippen LogP contribution is -2.50. The van der Waals surface area contributed by atoms with Crippen LogP contribution in [0.2, 0.25) is 0 Å². The minimum absolute atomic E-state index is 0.394. The fourth-order valence-corrected chi connectivity index (χ4v) is 3.92. The molecule has 168 valence electrons. The molecule has 0 aliphatic carbocycles. The molecule has 0 aromatic carbocycles. The van der Waals surface area contributed by atoms with E-state index in [1.807, 2.05) is 12.1 Å². The molecule has 4 heterocycles. The number of aromatic nitrogens is 3. The first kappa shape index (κ1) is 22.9. The summed E-state index contributed by atoms with van der Waals surface area (Å²) in [5.41, 5.74) is 2.53. The van der Waals surface area contributed by atoms with Crippen LogP contribution < -0.4 is 10.2 Å². The Hall–Kier alpha value is -2.75. The van der Waals surface area contributed by atoms with Gasteiger partial charge in [0.05, 0.1) is 0 Å². The standard InChI is InChI=1S/C19H25N5.C2HF3O2/c1-2-16-14-17(23-18(22-16)15-4-10-20-11-5-15)24-12-7-19(8-13-24)6-3-9-21-19;3-2(4,5)1(6)7/h4-5,10-11,14,21H,2-3,6-9,12-13H2,1H3;(H,6,7). The summed E-state index contributed by atoms with van der Waals surface area (Å²) in [6.07, 6.45) is 4.51. The van der Waals surface area contributed by atoms with Gasteiger partial charge in [-0.25, -0.2) is 14.8 Å². The molecule has 0 bridgehead atoms. The molecular weight excluding hydrogens is 411 g/mol. The minimum Gasteiger partial charge on any atom is -0.475 e. The van der Waals surface area contributed by atoms with Crippen LogP contribution in [0.15, 0.2) is 30.6 Å². The molecular formula is C21H26F3N5O2. The van der Waals surface area contributed by atoms with Crippen molar-refractivity contribution < 1.29 is 23.1 Å². The van der Waals surface area contributed by atoms with Crippen molar-refractivity contribution in [2.24, 2.45) is 0 Å². The Kier molecular flexibility index (Phi) is 7.09. The number of rotatable bonds is 3. The fraction of sp³-hybridized carbons (Fsp3) is 0.524. The van der Waals surface area contributed by atoms with Gasteiger partial charge in [-0.2, -0.15) is 13.2 Å². The van der Waals surface area contributed by atoms with Gasteiger partial charge in [-0.3, -0.25) is 4.98 Å². The van der Waals surface area contributed by atoms with E-state index in [1.54, 1.807) is 12.4 Å². The number of nitrogens with one attached hydrogen (secondary N) is 1. The normalized spacial score (nSPS) is 17.9. The third-order valence-corrected chi connectivity index (χ3v) is 5.69. The van der Waals surface area contributed by atoms with Crippen LogP contribution in [0.5, 0.6) is 0 Å². The molecule has 0 radical (unpaired) electrons. The van der Waals surface area contributed by atoms with Gasteiger partial charge in [-0.1, -0.05) is 6.92 Å². The number of pyridine rings is 1. The number of alkyl halides is 3. The molecule has 2 aliphatic rings. The van der Waals surface area contributed by atoms with Crippen LogP contribution in [0.1, 0.15) is 38.3 Å². The zero-order valence-corrected chi connectivity index (χ0v) is 17.3. The molecule has 2 aromatic rings. The zero-order chi connectivity index (χ0) is 22.5. The Labute approximate surface area is 178 Å². The zero-order valence-electron chi connectivity index (χ0n) is 17.3. The summed E-state index contributed by atoms with van der Waals surface area (Å²) in [4.78, 5) is 25.0. The molecule has 2 fully saturated rings. The average molecular weight is 437 g/mol. The summed E-state index contributed by atoms with van der Waals surface area (Å²) in [5.74, 6) is -0.875. The van der Waals surface area contributed by atoms with E-state index in [1.165, 1.54) is 32.2 Å². The highest BCUT2D eigenvalue weighted by atomic mass is 19.4. The Bertz CT molecular complexity index is 876. The summed E-state index contributed by atoms with van der Waals surface area (Å²) in [7, 11) is 0. The van der Waals surface area contributed by atoms with Crippen LogP contribution in [0.3, 0.4) is 0 Å². The molecule has 1 spiro atoms. The molecule has 0 unspecified atom stereocenters. The van der Waals surface area contributed by atoms with Gasteiger partial charge >= 0.3 is 12.1 Å². The molecule has 2 N–H and O–H groups in total. The Morgan fingerprint density at radius 2 is 1.84 bits per heavy atom. The average Bonchev–Trinajstić information content (AvgIpc) is 3.22. The van der Waals surface area contributed by atoms with E-state index in [0.29, 0.717) is 5.54 Å². The molecule has 2 aromatic heterocycles. The van der Waals surface area contributed by atoms with Crippen LogP contribution in [-0.2, 0) is 11.2 Å². The SMILES string of the molecule is CCc1cc(N2CCC3(CCCN3)CC2)nc(-c2ccncc2)n1.O=C(O)C(F)(F)F. The highest BCUT2D eigenvalue weighted by Gasteiger charge is 2.38. The highest BCUT2D eigenvalue weighted by Crippen LogP contribution is 2.32. The van der Waals surface area contributed by atoms with E-state index in [9.17, 15) is 13.2 Å². The lowest BCUT2D eigenvalue weighted by molar-refractivity contribution is -0.192. The smallest absolute Gasteiger partial charge is 0.475 e. The van der Waals surface area contributed by atoms with E-state index < -0.39 is 12.1 Å². The molecule has 2 aliphatic heterocycles. The number of halogens is 3. The van der Waals surface area contributed by atoms with Gasteiger partial charge in [0.15, 0.2) is 5.82 Å². The summed E-state index contributed by atoms with van der Waals surface area (Å²) >= 11 is 0. The number of anilines is 1. The van der Waals surface area contributed by atoms with E-state index in [0.717, 1.165) is 42.4 Å². The molecule has 0 saturated carbocycles. The van der Waals surface area contributed by atoms with Gasteiger partial charge in [0.25, 0.3) is 0 Å². The first-order valence-electron chi connectivity index (χ1n) is 10.3. The van der Waals surface area contributed by atoms with Gasteiger partial charge in [0.1, 0.15) is 5.82 Å². The van der Waals surface area contributed by atoms with Crippen molar-refractivity contribution in [3.05, 3.63) is 36.3 Å². The highest BCUT2D eigenvalue weighted by molar-refractivity contribution is 5.73. The minimum atomic E-state index is -5.08. The topological polar surface area (TPSA) is 91.2 Å². The molecule has 31 heavy (non-hydrogen) atoms. The van der Waals surface area contributed by atoms with Crippen molar-refractivity contribution in [3.8, 4) is 11.4 Å². The van der Waals surface area contributed by atoms with Crippen molar-refractivity contribution in [1.82, 2.24) is 20.3 Å². The third-order valence-electron chi connectivity index (χ3n) is 5.69. The predicted molar refractivity (Wildman–Crippen MR) is 110 cm³/mol. The van der Waals surface area contributed by atoms with Crippen LogP contribution >= 0.6 is 0 Å². The number of nitrogens with zero attached hydrogens (tertiary/aromatic N) is 4. The summed E-state index contributed by atoms with van der Waals surface area (Å²) in [5, 5.41) is 10.9. The number of carboxylic acid groups (broad SMARTS) is 1. The van der Waals surface area contributed by atoms with Gasteiger partial charge in [0, 0.05) is 48.3 Å². The number of piperidine rings is 1. The lowest BCUT2D eigenvalue weighted by Gasteiger charge is -2.40. The monoisotopic (exact) mass is 437 g/mol. The molecule has 10 heteroatoms. The largest absolute Gasteiger partial charge is 0.490 e. The molecule has 2 saturated heterocycles. The second-order valence-corrected chi connectivity index (χ2v) is 7.73. The first-order valence-corrected chi connectivity index (χ1v) is 10.3. The van der Waals surface area contributed by atoms with Crippen molar-refractivity contribution in [3.63, 3.8) is 0 Å². The van der Waals surface area contributed by atoms with Gasteiger partial charge in [0.2, 0.25) is 0 Å². The number of aliphatic carboxylic acids is 1. The number of carbonyl (C=O) groups is 1. The molecule has 4 rings (SSSR count). The van der Waals surface area contributed by atoms with Crippen molar-refractivity contribution in [1.29, 1.82) is 0 Å². The van der Waals surface area contributed by atoms with Crippen LogP contribution in [0.4, 0.5) is 19.0 Å². The summed E-state index contributed by atoms with van der Waals surface area (Å²) < 4.78 is 31.7. The number of hydrogen-bond acceptors (Lipinski definition) is 6. The number of aryl methyl sites for hydroxylation is 1. The summed E-state index contributed by atoms with van der Waals surface area (Å²) in [6.45, 7) is 5.47. The van der Waals surface area contributed by atoms with Gasteiger partial charge < -0.3 is 15.3 Å². The Balaban J connectivity index is 0.000000339. The maximum atomic E-state index is 10.6. The first-order chi connectivity index (χ1) is 14.7. The van der Waals surface area contributed by atoms with Crippen molar-refractivity contribution in [2.45, 2.75) is 50.7 Å².